The summed E-state index contributed by atoms with van der Waals surface area (Å²) in [4.78, 5) is 6.27. The minimum atomic E-state index is 0.0681. The summed E-state index contributed by atoms with van der Waals surface area (Å²) in [6.45, 7) is 4.90. The third kappa shape index (κ3) is 4.12. The van der Waals surface area contributed by atoms with Crippen molar-refractivity contribution in [1.29, 1.82) is 0 Å². The highest BCUT2D eigenvalue weighted by Gasteiger charge is 2.42. The molecule has 0 spiro atoms. The first-order valence-corrected chi connectivity index (χ1v) is 10.3. The Balaban J connectivity index is 1.66. The molecule has 1 aromatic rings. The molecular formula is C19H31N3OS. The minimum Gasteiger partial charge on any atom is -0.396 e. The molecule has 24 heavy (non-hydrogen) atoms. The Morgan fingerprint density at radius 3 is 2.58 bits per heavy atom. The van der Waals surface area contributed by atoms with Crippen molar-refractivity contribution >= 4 is 17.3 Å². The molecule has 3 rings (SSSR count). The van der Waals surface area contributed by atoms with Crippen LogP contribution >= 0.6 is 11.3 Å². The summed E-state index contributed by atoms with van der Waals surface area (Å²) in [6, 6.07) is 4.47. The molecule has 5 heteroatoms. The van der Waals surface area contributed by atoms with Crippen molar-refractivity contribution < 1.29 is 5.11 Å². The van der Waals surface area contributed by atoms with Crippen LogP contribution in [0.4, 0.5) is 0 Å². The van der Waals surface area contributed by atoms with Gasteiger partial charge in [-0.25, -0.2) is 0 Å². The van der Waals surface area contributed by atoms with Gasteiger partial charge in [0.15, 0.2) is 5.96 Å². The smallest absolute Gasteiger partial charge is 0.191 e. The fourth-order valence-corrected chi connectivity index (χ4v) is 4.69. The highest BCUT2D eigenvalue weighted by atomic mass is 32.1. The number of aliphatic hydroxyl groups excluding tert-OH is 1. The van der Waals surface area contributed by atoms with Crippen LogP contribution in [0.15, 0.2) is 22.5 Å². The van der Waals surface area contributed by atoms with Crippen LogP contribution in [-0.4, -0.2) is 37.3 Å². The highest BCUT2D eigenvalue weighted by molar-refractivity contribution is 7.10. The normalized spacial score (nSPS) is 22.2. The zero-order chi connectivity index (χ0) is 16.9. The molecule has 0 unspecified atom stereocenters. The number of guanidine groups is 1. The summed E-state index contributed by atoms with van der Waals surface area (Å²) in [5.74, 6) is 0.902. The van der Waals surface area contributed by atoms with Gasteiger partial charge in [-0.1, -0.05) is 25.3 Å². The maximum atomic E-state index is 9.49. The third-order valence-electron chi connectivity index (χ3n) is 5.66. The quantitative estimate of drug-likeness (QED) is 0.523. The summed E-state index contributed by atoms with van der Waals surface area (Å²) in [6.07, 6.45) is 8.74. The second kappa shape index (κ2) is 7.87. The molecule has 1 heterocycles. The molecule has 134 valence electrons. The molecule has 2 aliphatic carbocycles. The standard InChI is InChI=1S/C19H31N3OS/c1-2-20-17(21-13-18(15-23)10-11-18)22-14-19(8-4-3-5-9-19)16-7-6-12-24-16/h6-7,12,23H,2-5,8-11,13-15H2,1H3,(H2,20,21,22). The van der Waals surface area contributed by atoms with E-state index in [0.717, 1.165) is 38.4 Å². The van der Waals surface area contributed by atoms with Gasteiger partial charge in [-0.3, -0.25) is 4.99 Å². The van der Waals surface area contributed by atoms with Crippen molar-refractivity contribution in [2.45, 2.75) is 57.3 Å². The predicted octanol–water partition coefficient (Wildman–Crippen LogP) is 3.28. The van der Waals surface area contributed by atoms with Crippen molar-refractivity contribution in [2.24, 2.45) is 10.4 Å². The minimum absolute atomic E-state index is 0.0681. The maximum absolute atomic E-state index is 9.49. The SMILES string of the molecule is CCNC(=NCC1(CO)CC1)NCC1(c2cccs2)CCCCC1. The van der Waals surface area contributed by atoms with E-state index in [9.17, 15) is 5.11 Å². The molecule has 2 aliphatic rings. The lowest BCUT2D eigenvalue weighted by atomic mass is 9.73. The lowest BCUT2D eigenvalue weighted by molar-refractivity contribution is 0.216. The number of aliphatic hydroxyl groups is 1. The number of nitrogens with one attached hydrogen (secondary N) is 2. The van der Waals surface area contributed by atoms with Gasteiger partial charge in [0, 0.05) is 28.8 Å². The van der Waals surface area contributed by atoms with E-state index >= 15 is 0 Å². The van der Waals surface area contributed by atoms with Gasteiger partial charge in [0.2, 0.25) is 0 Å². The predicted molar refractivity (Wildman–Crippen MR) is 102 cm³/mol. The molecule has 0 amide bonds. The first kappa shape index (κ1) is 17.7. The summed E-state index contributed by atoms with van der Waals surface area (Å²) >= 11 is 1.89. The molecule has 4 nitrogen and oxygen atoms in total. The van der Waals surface area contributed by atoms with Crippen LogP contribution in [0.2, 0.25) is 0 Å². The second-order valence-electron chi connectivity index (χ2n) is 7.53. The first-order chi connectivity index (χ1) is 11.7. The molecule has 0 saturated heterocycles. The number of rotatable bonds is 7. The largest absolute Gasteiger partial charge is 0.396 e. The molecule has 0 aromatic carbocycles. The fourth-order valence-electron chi connectivity index (χ4n) is 3.70. The van der Waals surface area contributed by atoms with Crippen LogP contribution in [-0.2, 0) is 5.41 Å². The highest BCUT2D eigenvalue weighted by Crippen LogP contribution is 2.45. The molecule has 0 radical (unpaired) electrons. The molecule has 2 fully saturated rings. The topological polar surface area (TPSA) is 56.7 Å². The van der Waals surface area contributed by atoms with E-state index in [-0.39, 0.29) is 17.4 Å². The molecular weight excluding hydrogens is 318 g/mol. The number of hydrogen-bond donors (Lipinski definition) is 3. The molecule has 2 saturated carbocycles. The van der Waals surface area contributed by atoms with Gasteiger partial charge in [-0.2, -0.15) is 0 Å². The monoisotopic (exact) mass is 349 g/mol. The van der Waals surface area contributed by atoms with Gasteiger partial charge in [-0.05, 0) is 44.1 Å². The van der Waals surface area contributed by atoms with Crippen LogP contribution < -0.4 is 10.6 Å². The van der Waals surface area contributed by atoms with Gasteiger partial charge in [0.25, 0.3) is 0 Å². The van der Waals surface area contributed by atoms with E-state index in [4.69, 9.17) is 4.99 Å². The van der Waals surface area contributed by atoms with Gasteiger partial charge in [0.05, 0.1) is 13.2 Å². The average molecular weight is 350 g/mol. The Kier molecular flexibility index (Phi) is 5.82. The Labute approximate surface area is 149 Å². The summed E-state index contributed by atoms with van der Waals surface area (Å²) in [5.41, 5.74) is 0.329. The van der Waals surface area contributed by atoms with Crippen LogP contribution in [0.3, 0.4) is 0 Å². The third-order valence-corrected chi connectivity index (χ3v) is 6.77. The molecule has 0 bridgehead atoms. The molecule has 3 N–H and O–H groups in total. The van der Waals surface area contributed by atoms with Crippen LogP contribution in [0.5, 0.6) is 0 Å². The van der Waals surface area contributed by atoms with E-state index in [1.807, 2.05) is 11.3 Å². The van der Waals surface area contributed by atoms with E-state index < -0.39 is 0 Å². The van der Waals surface area contributed by atoms with Gasteiger partial charge < -0.3 is 15.7 Å². The van der Waals surface area contributed by atoms with Crippen molar-refractivity contribution in [2.75, 3.05) is 26.2 Å². The van der Waals surface area contributed by atoms with E-state index in [0.29, 0.717) is 0 Å². The number of nitrogens with zero attached hydrogens (tertiary/aromatic N) is 1. The molecule has 1 aromatic heterocycles. The zero-order valence-electron chi connectivity index (χ0n) is 14.8. The Morgan fingerprint density at radius 2 is 2.00 bits per heavy atom. The van der Waals surface area contributed by atoms with Crippen LogP contribution in [0.25, 0.3) is 0 Å². The number of aliphatic imine (C=N–C) groups is 1. The average Bonchev–Trinajstić information content (AvgIpc) is 3.18. The summed E-state index contributed by atoms with van der Waals surface area (Å²) in [5, 5.41) is 18.7. The van der Waals surface area contributed by atoms with Crippen molar-refractivity contribution in [3.63, 3.8) is 0 Å². The second-order valence-corrected chi connectivity index (χ2v) is 8.47. The fraction of sp³-hybridized carbons (Fsp3) is 0.737. The lowest BCUT2D eigenvalue weighted by Gasteiger charge is -2.37. The Morgan fingerprint density at radius 1 is 1.21 bits per heavy atom. The number of hydrogen-bond acceptors (Lipinski definition) is 3. The van der Waals surface area contributed by atoms with E-state index in [2.05, 4.69) is 35.1 Å². The summed E-state index contributed by atoms with van der Waals surface area (Å²) in [7, 11) is 0. The van der Waals surface area contributed by atoms with Crippen LogP contribution in [0.1, 0.15) is 56.7 Å². The van der Waals surface area contributed by atoms with Crippen LogP contribution in [0, 0.1) is 5.41 Å². The zero-order valence-corrected chi connectivity index (χ0v) is 15.6. The molecule has 0 atom stereocenters. The van der Waals surface area contributed by atoms with Crippen molar-refractivity contribution in [1.82, 2.24) is 10.6 Å². The molecule has 0 aliphatic heterocycles. The van der Waals surface area contributed by atoms with Gasteiger partial charge >= 0.3 is 0 Å². The first-order valence-electron chi connectivity index (χ1n) is 9.39. The van der Waals surface area contributed by atoms with Crippen molar-refractivity contribution in [3.05, 3.63) is 22.4 Å². The van der Waals surface area contributed by atoms with Gasteiger partial charge in [0.1, 0.15) is 0 Å². The lowest BCUT2D eigenvalue weighted by Crippen LogP contribution is -2.46. The maximum Gasteiger partial charge on any atom is 0.191 e. The van der Waals surface area contributed by atoms with E-state index in [1.54, 1.807) is 0 Å². The van der Waals surface area contributed by atoms with Gasteiger partial charge in [-0.15, -0.1) is 11.3 Å². The Hall–Kier alpha value is -1.07. The Bertz CT molecular complexity index is 531. The van der Waals surface area contributed by atoms with Crippen molar-refractivity contribution in [3.8, 4) is 0 Å². The number of thiophene rings is 1. The van der Waals surface area contributed by atoms with E-state index in [1.165, 1.54) is 37.0 Å². The summed E-state index contributed by atoms with van der Waals surface area (Å²) < 4.78 is 0.